The first kappa shape index (κ1) is 14.2. The molecule has 2 aromatic rings. The van der Waals surface area contributed by atoms with Crippen molar-refractivity contribution in [2.45, 2.75) is 12.8 Å². The number of anilines is 2. The second-order valence-corrected chi connectivity index (χ2v) is 5.04. The van der Waals surface area contributed by atoms with Crippen molar-refractivity contribution in [2.24, 2.45) is 5.92 Å². The van der Waals surface area contributed by atoms with E-state index in [-0.39, 0.29) is 11.8 Å². The molecule has 116 valence electrons. The van der Waals surface area contributed by atoms with Crippen molar-refractivity contribution in [1.82, 2.24) is 25.4 Å². The monoisotopic (exact) mass is 303 g/mol. The maximum atomic E-state index is 12.3. The highest BCUT2D eigenvalue weighted by molar-refractivity contribution is 5.91. The summed E-state index contributed by atoms with van der Waals surface area (Å²) in [7, 11) is 1.55. The van der Waals surface area contributed by atoms with E-state index in [2.05, 4.69) is 35.6 Å². The van der Waals surface area contributed by atoms with E-state index in [0.717, 1.165) is 25.2 Å². The molecule has 1 atom stereocenters. The standard InChI is InChI=1S/C13H17N7O2/c1-22-11-5-4-10(17-18-11)20-6-2-3-9(7-20)12(21)16-13-14-8-15-19-13/h4-5,8-9H,2-3,6-7H2,1H3,(H2,14,15,16,19,21)/t9-/m1/s1. The normalized spacial score (nSPS) is 18.0. The minimum atomic E-state index is -0.122. The van der Waals surface area contributed by atoms with Crippen molar-refractivity contribution < 1.29 is 9.53 Å². The number of rotatable bonds is 4. The Morgan fingerprint density at radius 3 is 3.05 bits per heavy atom. The third kappa shape index (κ3) is 3.13. The minimum Gasteiger partial charge on any atom is -0.480 e. The lowest BCUT2D eigenvalue weighted by atomic mass is 9.97. The van der Waals surface area contributed by atoms with E-state index in [1.807, 2.05) is 6.07 Å². The van der Waals surface area contributed by atoms with Gasteiger partial charge in [0.05, 0.1) is 13.0 Å². The number of aromatic amines is 1. The summed E-state index contributed by atoms with van der Waals surface area (Å²) in [6, 6.07) is 3.61. The van der Waals surface area contributed by atoms with E-state index >= 15 is 0 Å². The molecule has 1 aliphatic heterocycles. The van der Waals surface area contributed by atoms with Crippen LogP contribution in [0.3, 0.4) is 0 Å². The predicted molar refractivity (Wildman–Crippen MR) is 78.5 cm³/mol. The lowest BCUT2D eigenvalue weighted by Crippen LogP contribution is -2.41. The van der Waals surface area contributed by atoms with E-state index in [9.17, 15) is 4.79 Å². The largest absolute Gasteiger partial charge is 0.480 e. The number of carbonyl (C=O) groups excluding carboxylic acids is 1. The van der Waals surface area contributed by atoms with Crippen molar-refractivity contribution in [3.05, 3.63) is 18.5 Å². The SMILES string of the molecule is COc1ccc(N2CCC[C@@H](C(=O)Nc3ncn[nH]3)C2)nn1. The number of H-pyrrole nitrogens is 1. The first-order valence-electron chi connectivity index (χ1n) is 7.05. The second kappa shape index (κ2) is 6.37. The molecule has 0 aliphatic carbocycles. The highest BCUT2D eigenvalue weighted by atomic mass is 16.5. The fourth-order valence-corrected chi connectivity index (χ4v) is 2.47. The Bertz CT molecular complexity index is 614. The van der Waals surface area contributed by atoms with Crippen LogP contribution in [0.25, 0.3) is 0 Å². The Morgan fingerprint density at radius 2 is 2.36 bits per heavy atom. The molecule has 9 nitrogen and oxygen atoms in total. The molecular weight excluding hydrogens is 286 g/mol. The lowest BCUT2D eigenvalue weighted by molar-refractivity contribution is -0.120. The van der Waals surface area contributed by atoms with Gasteiger partial charge in [0.1, 0.15) is 6.33 Å². The Morgan fingerprint density at radius 1 is 1.45 bits per heavy atom. The Hall–Kier alpha value is -2.71. The van der Waals surface area contributed by atoms with Gasteiger partial charge in [0.25, 0.3) is 0 Å². The number of ether oxygens (including phenoxy) is 1. The highest BCUT2D eigenvalue weighted by Crippen LogP contribution is 2.22. The number of nitrogens with zero attached hydrogens (tertiary/aromatic N) is 5. The van der Waals surface area contributed by atoms with Gasteiger partial charge in [0, 0.05) is 19.2 Å². The van der Waals surface area contributed by atoms with Crippen LogP contribution in [0.15, 0.2) is 18.5 Å². The summed E-state index contributed by atoms with van der Waals surface area (Å²) in [5, 5.41) is 17.2. The maximum absolute atomic E-state index is 12.3. The van der Waals surface area contributed by atoms with E-state index in [1.54, 1.807) is 13.2 Å². The van der Waals surface area contributed by atoms with Crippen LogP contribution in [0, 0.1) is 5.92 Å². The van der Waals surface area contributed by atoms with Gasteiger partial charge in [-0.1, -0.05) is 0 Å². The van der Waals surface area contributed by atoms with E-state index in [1.165, 1.54) is 6.33 Å². The van der Waals surface area contributed by atoms with Crippen molar-refractivity contribution in [3.63, 3.8) is 0 Å². The number of carbonyl (C=O) groups is 1. The molecule has 1 amide bonds. The smallest absolute Gasteiger partial charge is 0.233 e. The fraction of sp³-hybridized carbons (Fsp3) is 0.462. The number of piperidine rings is 1. The van der Waals surface area contributed by atoms with Gasteiger partial charge in [-0.15, -0.1) is 10.2 Å². The first-order chi connectivity index (χ1) is 10.8. The van der Waals surface area contributed by atoms with Gasteiger partial charge in [0.15, 0.2) is 5.82 Å². The van der Waals surface area contributed by atoms with Crippen molar-refractivity contribution >= 4 is 17.7 Å². The Labute approximate surface area is 127 Å². The first-order valence-corrected chi connectivity index (χ1v) is 7.05. The number of methoxy groups -OCH3 is 1. The summed E-state index contributed by atoms with van der Waals surface area (Å²) in [4.78, 5) is 18.2. The van der Waals surface area contributed by atoms with Crippen molar-refractivity contribution in [3.8, 4) is 5.88 Å². The fourth-order valence-electron chi connectivity index (χ4n) is 2.47. The maximum Gasteiger partial charge on any atom is 0.233 e. The zero-order chi connectivity index (χ0) is 15.4. The quantitative estimate of drug-likeness (QED) is 0.844. The van der Waals surface area contributed by atoms with Gasteiger partial charge in [-0.2, -0.15) is 10.1 Å². The molecule has 0 radical (unpaired) electrons. The Balaban J connectivity index is 1.64. The van der Waals surface area contributed by atoms with Crippen LogP contribution in [0.1, 0.15) is 12.8 Å². The molecule has 0 bridgehead atoms. The van der Waals surface area contributed by atoms with Gasteiger partial charge in [-0.05, 0) is 18.9 Å². The van der Waals surface area contributed by atoms with Crippen LogP contribution in [-0.4, -0.2) is 51.5 Å². The molecule has 9 heteroatoms. The topological polar surface area (TPSA) is 109 Å². The molecule has 2 N–H and O–H groups in total. The van der Waals surface area contributed by atoms with Gasteiger partial charge >= 0.3 is 0 Å². The third-order valence-corrected chi connectivity index (χ3v) is 3.61. The summed E-state index contributed by atoms with van der Waals surface area (Å²) in [5.41, 5.74) is 0. The molecule has 2 aromatic heterocycles. The molecule has 0 spiro atoms. The Kier molecular flexibility index (Phi) is 4.12. The molecule has 1 saturated heterocycles. The summed E-state index contributed by atoms with van der Waals surface area (Å²) in [5.74, 6) is 1.40. The van der Waals surface area contributed by atoms with Gasteiger partial charge in [-0.3, -0.25) is 10.1 Å². The highest BCUT2D eigenvalue weighted by Gasteiger charge is 2.27. The van der Waals surface area contributed by atoms with Crippen LogP contribution >= 0.6 is 0 Å². The lowest BCUT2D eigenvalue weighted by Gasteiger charge is -2.32. The van der Waals surface area contributed by atoms with Crippen molar-refractivity contribution in [1.29, 1.82) is 0 Å². The van der Waals surface area contributed by atoms with Crippen LogP contribution in [0.5, 0.6) is 5.88 Å². The van der Waals surface area contributed by atoms with Gasteiger partial charge in [-0.25, -0.2) is 5.10 Å². The molecule has 0 unspecified atom stereocenters. The van der Waals surface area contributed by atoms with Crippen LogP contribution < -0.4 is 15.0 Å². The molecule has 1 fully saturated rings. The van der Waals surface area contributed by atoms with E-state index in [4.69, 9.17) is 4.74 Å². The molecule has 0 aromatic carbocycles. The number of nitrogens with one attached hydrogen (secondary N) is 2. The summed E-state index contributed by atoms with van der Waals surface area (Å²) >= 11 is 0. The van der Waals surface area contributed by atoms with E-state index in [0.29, 0.717) is 18.4 Å². The molecule has 1 aliphatic rings. The second-order valence-electron chi connectivity index (χ2n) is 5.04. The average molecular weight is 303 g/mol. The third-order valence-electron chi connectivity index (χ3n) is 3.61. The van der Waals surface area contributed by atoms with Crippen molar-refractivity contribution in [2.75, 3.05) is 30.4 Å². The molecule has 3 heterocycles. The summed E-state index contributed by atoms with van der Waals surface area (Å²) in [6.07, 6.45) is 3.11. The number of amides is 1. The summed E-state index contributed by atoms with van der Waals surface area (Å²) < 4.78 is 5.00. The minimum absolute atomic E-state index is 0.0667. The zero-order valence-electron chi connectivity index (χ0n) is 12.2. The van der Waals surface area contributed by atoms with Gasteiger partial charge < -0.3 is 9.64 Å². The molecule has 0 saturated carbocycles. The van der Waals surface area contributed by atoms with E-state index < -0.39 is 0 Å². The number of hydrogen-bond acceptors (Lipinski definition) is 7. The average Bonchev–Trinajstić information content (AvgIpc) is 3.08. The number of aromatic nitrogens is 5. The van der Waals surface area contributed by atoms with Crippen LogP contribution in [0.4, 0.5) is 11.8 Å². The zero-order valence-corrected chi connectivity index (χ0v) is 12.2. The number of hydrogen-bond donors (Lipinski definition) is 2. The molecule has 3 rings (SSSR count). The summed E-state index contributed by atoms with van der Waals surface area (Å²) in [6.45, 7) is 1.45. The molecule has 22 heavy (non-hydrogen) atoms. The molecular formula is C13H17N7O2. The van der Waals surface area contributed by atoms with Crippen LogP contribution in [0.2, 0.25) is 0 Å². The van der Waals surface area contributed by atoms with Crippen LogP contribution in [-0.2, 0) is 4.79 Å². The predicted octanol–water partition coefficient (Wildman–Crippen LogP) is 0.458. The van der Waals surface area contributed by atoms with Gasteiger partial charge in [0.2, 0.25) is 17.7 Å².